The number of nitrogens with zero attached hydrogens (tertiary/aromatic N) is 2. The number of amides is 1. The maximum atomic E-state index is 12.7. The normalized spacial score (nSPS) is 10.9. The molecule has 2 aromatic carbocycles. The molecule has 0 aliphatic rings. The minimum Gasteiger partial charge on any atom is -0.506 e. The molecule has 0 atom stereocenters. The lowest BCUT2D eigenvalue weighted by molar-refractivity contribution is -0.115. The van der Waals surface area contributed by atoms with Gasteiger partial charge in [-0.2, -0.15) is 0 Å². The Kier molecular flexibility index (Phi) is 4.94. The Labute approximate surface area is 171 Å². The van der Waals surface area contributed by atoms with Crippen LogP contribution in [0.4, 0.5) is 5.69 Å². The van der Waals surface area contributed by atoms with Gasteiger partial charge >= 0.3 is 0 Å². The van der Waals surface area contributed by atoms with Crippen molar-refractivity contribution >= 4 is 40.4 Å². The monoisotopic (exact) mass is 411 g/mol. The molecule has 0 radical (unpaired) electrons. The lowest BCUT2D eigenvalue weighted by Crippen LogP contribution is -2.16. The van der Waals surface area contributed by atoms with Crippen LogP contribution < -0.4 is 5.32 Å². The Balaban J connectivity index is 1.71. The molecule has 4 aromatic rings. The Morgan fingerprint density at radius 2 is 1.79 bits per heavy atom. The molecule has 5 nitrogen and oxygen atoms in total. The average Bonchev–Trinajstić information content (AvgIpc) is 3.04. The zero-order valence-corrected chi connectivity index (χ0v) is 16.1. The van der Waals surface area contributed by atoms with Gasteiger partial charge in [-0.25, -0.2) is 4.98 Å². The van der Waals surface area contributed by atoms with Crippen LogP contribution in [0.25, 0.3) is 16.9 Å². The number of phenolic OH excluding ortho intramolecular Hbond substituents is 1. The second kappa shape index (κ2) is 7.54. The summed E-state index contributed by atoms with van der Waals surface area (Å²) in [6, 6.07) is 17.5. The largest absolute Gasteiger partial charge is 0.506 e. The highest BCUT2D eigenvalue weighted by atomic mass is 35.5. The van der Waals surface area contributed by atoms with Gasteiger partial charge in [-0.05, 0) is 42.5 Å². The second-order valence-electron chi connectivity index (χ2n) is 6.23. The van der Waals surface area contributed by atoms with Gasteiger partial charge < -0.3 is 14.8 Å². The molecule has 28 heavy (non-hydrogen) atoms. The quantitative estimate of drug-likeness (QED) is 0.453. The van der Waals surface area contributed by atoms with Crippen LogP contribution in [0.1, 0.15) is 5.69 Å². The van der Waals surface area contributed by atoms with E-state index in [4.69, 9.17) is 23.2 Å². The van der Waals surface area contributed by atoms with Crippen LogP contribution in [-0.2, 0) is 11.2 Å². The van der Waals surface area contributed by atoms with Crippen molar-refractivity contribution in [1.82, 2.24) is 9.38 Å². The molecule has 2 N–H and O–H groups in total. The number of carbonyl (C=O) groups excluding carboxylic acids is 1. The number of benzene rings is 2. The summed E-state index contributed by atoms with van der Waals surface area (Å²) in [7, 11) is 0. The predicted octanol–water partition coefficient (Wildman–Crippen LogP) is 5.19. The van der Waals surface area contributed by atoms with Gasteiger partial charge in [0.05, 0.1) is 23.5 Å². The van der Waals surface area contributed by atoms with Gasteiger partial charge in [-0.1, -0.05) is 41.4 Å². The molecule has 7 heteroatoms. The summed E-state index contributed by atoms with van der Waals surface area (Å²) in [4.78, 5) is 17.4. The number of anilines is 1. The first-order valence-corrected chi connectivity index (χ1v) is 9.27. The molecular formula is C21H15Cl2N3O2. The van der Waals surface area contributed by atoms with Crippen molar-refractivity contribution in [2.75, 3.05) is 5.32 Å². The standard InChI is InChI=1S/C21H15Cl2N3O2/c22-14-6-4-13(5-7-14)21-17(26-10-2-1-3-19(26)25-21)12-20(28)24-16-11-15(23)8-9-18(16)27/h1-11,27H,12H2,(H,24,28). The summed E-state index contributed by atoms with van der Waals surface area (Å²) >= 11 is 11.9. The number of imidazole rings is 1. The van der Waals surface area contributed by atoms with Gasteiger partial charge in [0, 0.05) is 21.8 Å². The Morgan fingerprint density at radius 1 is 1.04 bits per heavy atom. The molecule has 0 fully saturated rings. The van der Waals surface area contributed by atoms with Gasteiger partial charge in [0.1, 0.15) is 11.4 Å². The minimum absolute atomic E-state index is 0.0474. The molecule has 2 aromatic heterocycles. The first kappa shape index (κ1) is 18.3. The highest BCUT2D eigenvalue weighted by molar-refractivity contribution is 6.31. The fourth-order valence-electron chi connectivity index (χ4n) is 3.01. The number of carbonyl (C=O) groups is 1. The average molecular weight is 412 g/mol. The smallest absolute Gasteiger partial charge is 0.230 e. The SMILES string of the molecule is O=C(Cc1c(-c2ccc(Cl)cc2)nc2ccccn12)Nc1cc(Cl)ccc1O. The van der Waals surface area contributed by atoms with Crippen molar-refractivity contribution in [1.29, 1.82) is 0 Å². The second-order valence-corrected chi connectivity index (χ2v) is 7.10. The molecule has 0 saturated heterocycles. The number of pyridine rings is 1. The molecule has 0 saturated carbocycles. The molecule has 2 heterocycles. The van der Waals surface area contributed by atoms with E-state index in [-0.39, 0.29) is 23.8 Å². The van der Waals surface area contributed by atoms with E-state index in [9.17, 15) is 9.90 Å². The van der Waals surface area contributed by atoms with Gasteiger partial charge in [-0.3, -0.25) is 4.79 Å². The van der Waals surface area contributed by atoms with E-state index in [1.54, 1.807) is 18.2 Å². The molecule has 0 aliphatic heterocycles. The van der Waals surface area contributed by atoms with Gasteiger partial charge in [-0.15, -0.1) is 0 Å². The molecule has 4 rings (SSSR count). The third-order valence-corrected chi connectivity index (χ3v) is 4.79. The molecule has 140 valence electrons. The van der Waals surface area contributed by atoms with E-state index >= 15 is 0 Å². The van der Waals surface area contributed by atoms with Crippen molar-refractivity contribution < 1.29 is 9.90 Å². The number of rotatable bonds is 4. The fourth-order valence-corrected chi connectivity index (χ4v) is 3.31. The number of halogens is 2. The summed E-state index contributed by atoms with van der Waals surface area (Å²) in [5.74, 6) is -0.341. The maximum absolute atomic E-state index is 12.7. The third kappa shape index (κ3) is 3.67. The lowest BCUT2D eigenvalue weighted by Gasteiger charge is -2.09. The topological polar surface area (TPSA) is 66.6 Å². The van der Waals surface area contributed by atoms with Crippen molar-refractivity contribution in [3.8, 4) is 17.0 Å². The Hall–Kier alpha value is -3.02. The number of aromatic nitrogens is 2. The summed E-state index contributed by atoms with van der Waals surface area (Å²) < 4.78 is 1.88. The van der Waals surface area contributed by atoms with E-state index in [1.807, 2.05) is 40.9 Å². The number of phenols is 1. The van der Waals surface area contributed by atoms with Crippen LogP contribution in [0.3, 0.4) is 0 Å². The minimum atomic E-state index is -0.293. The van der Waals surface area contributed by atoms with Gasteiger partial charge in [0.25, 0.3) is 0 Å². The van der Waals surface area contributed by atoms with Crippen LogP contribution in [-0.4, -0.2) is 20.4 Å². The molecular weight excluding hydrogens is 397 g/mol. The predicted molar refractivity (Wildman–Crippen MR) is 111 cm³/mol. The number of hydrogen-bond acceptors (Lipinski definition) is 3. The van der Waals surface area contributed by atoms with Crippen molar-refractivity contribution in [3.63, 3.8) is 0 Å². The number of hydrogen-bond donors (Lipinski definition) is 2. The fraction of sp³-hybridized carbons (Fsp3) is 0.0476. The molecule has 0 aliphatic carbocycles. The molecule has 0 bridgehead atoms. The van der Waals surface area contributed by atoms with Crippen LogP contribution in [0, 0.1) is 0 Å². The van der Waals surface area contributed by atoms with Crippen LogP contribution in [0.5, 0.6) is 5.75 Å². The van der Waals surface area contributed by atoms with E-state index in [0.29, 0.717) is 15.7 Å². The number of fused-ring (bicyclic) bond motifs is 1. The number of nitrogens with one attached hydrogen (secondary N) is 1. The summed E-state index contributed by atoms with van der Waals surface area (Å²) in [5.41, 5.74) is 3.30. The van der Waals surface area contributed by atoms with E-state index in [2.05, 4.69) is 10.3 Å². The van der Waals surface area contributed by atoms with E-state index in [1.165, 1.54) is 12.1 Å². The van der Waals surface area contributed by atoms with Gasteiger partial charge in [0.2, 0.25) is 5.91 Å². The molecule has 0 spiro atoms. The van der Waals surface area contributed by atoms with Crippen LogP contribution >= 0.6 is 23.2 Å². The zero-order valence-electron chi connectivity index (χ0n) is 14.6. The van der Waals surface area contributed by atoms with Gasteiger partial charge in [0.15, 0.2) is 0 Å². The van der Waals surface area contributed by atoms with Crippen molar-refractivity contribution in [2.45, 2.75) is 6.42 Å². The maximum Gasteiger partial charge on any atom is 0.230 e. The summed E-state index contributed by atoms with van der Waals surface area (Å²) in [5, 5.41) is 13.7. The Bertz CT molecular complexity index is 1170. The molecule has 0 unspecified atom stereocenters. The summed E-state index contributed by atoms with van der Waals surface area (Å²) in [6.45, 7) is 0. The highest BCUT2D eigenvalue weighted by Gasteiger charge is 2.18. The third-order valence-electron chi connectivity index (χ3n) is 4.31. The van der Waals surface area contributed by atoms with Crippen molar-refractivity contribution in [3.05, 3.63) is 82.6 Å². The van der Waals surface area contributed by atoms with E-state index < -0.39 is 0 Å². The Morgan fingerprint density at radius 3 is 2.57 bits per heavy atom. The van der Waals surface area contributed by atoms with Crippen molar-refractivity contribution in [2.24, 2.45) is 0 Å². The van der Waals surface area contributed by atoms with Crippen LogP contribution in [0.15, 0.2) is 66.9 Å². The van der Waals surface area contributed by atoms with E-state index in [0.717, 1.165) is 16.9 Å². The van der Waals surface area contributed by atoms with Crippen LogP contribution in [0.2, 0.25) is 10.0 Å². The number of aromatic hydroxyl groups is 1. The lowest BCUT2D eigenvalue weighted by atomic mass is 10.1. The zero-order chi connectivity index (χ0) is 19.7. The summed E-state index contributed by atoms with van der Waals surface area (Å²) in [6.07, 6.45) is 1.93. The first-order valence-electron chi connectivity index (χ1n) is 8.51. The first-order chi connectivity index (χ1) is 13.5. The highest BCUT2D eigenvalue weighted by Crippen LogP contribution is 2.29. The molecule has 1 amide bonds.